The van der Waals surface area contributed by atoms with Crippen molar-refractivity contribution in [2.75, 3.05) is 0 Å². The minimum Gasteiger partial charge on any atom is -0.499 e. The monoisotopic (exact) mass is 2380 g/mol. The third-order valence-corrected chi connectivity index (χ3v) is 22.6. The normalized spacial score (nSPS) is 10.3. The van der Waals surface area contributed by atoms with Crippen molar-refractivity contribution in [1.29, 1.82) is 0 Å². The van der Waals surface area contributed by atoms with Gasteiger partial charge in [-0.25, -0.2) is 59.3 Å². The van der Waals surface area contributed by atoms with E-state index < -0.39 is 221 Å². The number of phosphoric acid groups is 13. The number of hydrogen-bond donors (Lipinski definition) is 26. The molecule has 26 N–H and O–H groups in total. The first-order chi connectivity index (χ1) is 44.4. The van der Waals surface area contributed by atoms with Crippen molar-refractivity contribution < 1.29 is 407 Å². The van der Waals surface area contributed by atoms with Crippen LogP contribution in [0.5, 0.6) is 0 Å². The molecule has 0 aliphatic carbocycles. The predicted octanol–water partition coefficient (Wildman–Crippen LogP) is -28.8. The van der Waals surface area contributed by atoms with Crippen molar-refractivity contribution in [3.05, 3.63) is 0 Å². The van der Waals surface area contributed by atoms with Crippen LogP contribution in [0, 0.1) is 0 Å². The van der Waals surface area contributed by atoms with Gasteiger partial charge < -0.3 is 302 Å². The second kappa shape index (κ2) is 74.4. The molecule has 0 saturated carbocycles. The summed E-state index contributed by atoms with van der Waals surface area (Å²) < 4.78 is 286. The molecule has 109 heavy (non-hydrogen) atoms. The molecular formula is H26AlBaMgO78P13Si13ZnZr. The van der Waals surface area contributed by atoms with Crippen LogP contribution in [0.4, 0.5) is 0 Å². The largest absolute Gasteiger partial charge is 4.00 e. The van der Waals surface area contributed by atoms with Gasteiger partial charge in [0.05, 0.1) is 0 Å². The van der Waals surface area contributed by atoms with Gasteiger partial charge >= 0.3 is 356 Å². The Bertz CT molecular complexity index is 2570. The number of hydrogen-bond acceptors (Lipinski definition) is 52. The second-order valence-corrected chi connectivity index (χ2v) is 39.6. The van der Waals surface area contributed by atoms with Gasteiger partial charge in [0.1, 0.15) is 0 Å². The van der Waals surface area contributed by atoms with E-state index in [1.54, 1.807) is 0 Å². The smallest absolute Gasteiger partial charge is 0.499 e. The third-order valence-electron chi connectivity index (χ3n) is 2.51. The summed E-state index contributed by atoms with van der Waals surface area (Å²) in [5.74, 6) is 0. The fraction of sp³-hybridized carbons (Fsp3) is 0. The van der Waals surface area contributed by atoms with Crippen molar-refractivity contribution in [3.63, 3.8) is 0 Å². The Morgan fingerprint density at radius 3 is 0.193 bits per heavy atom. The standard InChI is InChI=1S/Al.Ba.Mg.13H2O6PSi.Zn.Zr/c;;;13*1-7(2,3)6-8(4)5;;/h;;;13*(H2,1,2,3);;/q+3;2*+2;13*-1;+2;+4. The van der Waals surface area contributed by atoms with Gasteiger partial charge in [-0.2, -0.15) is 0 Å². The third kappa shape index (κ3) is 286. The summed E-state index contributed by atoms with van der Waals surface area (Å²) in [5.41, 5.74) is 0. The molecule has 0 aromatic heterocycles. The van der Waals surface area contributed by atoms with Crippen LogP contribution in [0.2, 0.25) is 0 Å². The molecule has 0 radical (unpaired) electrons. The molecule has 0 rings (SSSR count). The van der Waals surface area contributed by atoms with Gasteiger partial charge in [-0.05, 0) is 0 Å². The van der Waals surface area contributed by atoms with E-state index in [2.05, 4.69) is 54.8 Å². The molecule has 78 nitrogen and oxygen atoms in total. The van der Waals surface area contributed by atoms with Gasteiger partial charge in [0.15, 0.2) is 0 Å². The van der Waals surface area contributed by atoms with Gasteiger partial charge in [0, 0.05) is 0 Å². The minimum absolute atomic E-state index is 0. The van der Waals surface area contributed by atoms with Crippen LogP contribution in [0.3, 0.4) is 0 Å². The van der Waals surface area contributed by atoms with E-state index in [4.69, 9.17) is 127 Å². The van der Waals surface area contributed by atoms with E-state index in [9.17, 15) is 180 Å². The van der Waals surface area contributed by atoms with Gasteiger partial charge in [0.2, 0.25) is 0 Å². The zero-order chi connectivity index (χ0) is 88.2. The van der Waals surface area contributed by atoms with Crippen LogP contribution in [-0.4, -0.2) is 336 Å². The first-order valence-electron chi connectivity index (χ1n) is 17.9. The van der Waals surface area contributed by atoms with Crippen LogP contribution in [-0.2, 0) is 218 Å². The molecule has 0 bridgehead atoms. The SMILES string of the molecule is O=[Si]([O-])OP(=O)(O)O.O=[Si]([O-])OP(=O)(O)O.O=[Si]([O-])OP(=O)(O)O.O=[Si]([O-])OP(=O)(O)O.O=[Si]([O-])OP(=O)(O)O.O=[Si]([O-])OP(=O)(O)O.O=[Si]([O-])OP(=O)(O)O.O=[Si]([O-])OP(=O)(O)O.O=[Si]([O-])OP(=O)(O)O.O=[Si]([O-])OP(=O)(O)O.O=[Si]([O-])OP(=O)(O)O.O=[Si]([O-])OP(=O)(O)O.O=[Si]([O-])OP(=O)(O)O.[Al+3].[Ba+2].[Mg+2].[Zn+2].[Zr+4]. The van der Waals surface area contributed by atoms with Gasteiger partial charge in [-0.3, -0.25) is 0 Å². The summed E-state index contributed by atoms with van der Waals surface area (Å²) in [4.78, 5) is 322. The molecule has 109 heteroatoms. The van der Waals surface area contributed by atoms with E-state index in [1.807, 2.05) is 0 Å². The average molecular weight is 2390 g/mol. The van der Waals surface area contributed by atoms with E-state index in [-0.39, 0.29) is 135 Å². The second-order valence-electron chi connectivity index (χ2n) is 10.8. The van der Waals surface area contributed by atoms with Crippen molar-refractivity contribution >= 4 is 310 Å². The molecule has 0 heterocycles. The zero-order valence-corrected chi connectivity index (χ0v) is 85.4. The summed E-state index contributed by atoms with van der Waals surface area (Å²) in [6, 6.07) is 0. The van der Waals surface area contributed by atoms with E-state index in [1.165, 1.54) is 0 Å². The fourth-order valence-electron chi connectivity index (χ4n) is 1.26. The average Bonchev–Trinajstić information content (AvgIpc) is 1.16. The molecule has 0 unspecified atom stereocenters. The van der Waals surface area contributed by atoms with E-state index >= 15 is 0 Å². The van der Waals surface area contributed by atoms with Crippen LogP contribution in [0.1, 0.15) is 0 Å². The Hall–Kier alpha value is 1.35. The maximum Gasteiger partial charge on any atom is 4.00 e. The molecule has 0 amide bonds. The Morgan fingerprint density at radius 2 is 0.193 bits per heavy atom. The Labute approximate surface area is 710 Å². The zero-order valence-electron chi connectivity index (χ0n) is 48.4. The summed E-state index contributed by atoms with van der Waals surface area (Å²) in [5, 5.41) is 0. The van der Waals surface area contributed by atoms with Crippen LogP contribution in [0.25, 0.3) is 0 Å². The first-order valence-corrected chi connectivity index (χ1v) is 53.7. The molecule has 0 saturated heterocycles. The van der Waals surface area contributed by atoms with Crippen molar-refractivity contribution in [2.45, 2.75) is 0 Å². The van der Waals surface area contributed by atoms with Crippen LogP contribution < -0.4 is 62.3 Å². The number of rotatable bonds is 26. The molecule has 0 fully saturated rings. The maximum atomic E-state index is 9.54. The molecular weight excluding hydrogens is 2360 g/mol. The predicted molar refractivity (Wildman–Crippen MR) is 272 cm³/mol. The van der Waals surface area contributed by atoms with Gasteiger partial charge in [-0.15, -0.1) is 0 Å². The van der Waals surface area contributed by atoms with Crippen LogP contribution in [0.15, 0.2) is 0 Å². The fourth-order valence-corrected chi connectivity index (χ4v) is 11.4. The Kier molecular flexibility index (Phi) is 106. The molecule has 0 spiro atoms. The minimum atomic E-state index is -4.80. The summed E-state index contributed by atoms with van der Waals surface area (Å²) in [6.07, 6.45) is 0. The van der Waals surface area contributed by atoms with E-state index in [0.29, 0.717) is 0 Å². The molecule has 624 valence electrons. The van der Waals surface area contributed by atoms with Crippen LogP contribution >= 0.6 is 102 Å². The quantitative estimate of drug-likeness (QED) is 0.0282. The molecule has 0 aromatic carbocycles. The van der Waals surface area contributed by atoms with Crippen molar-refractivity contribution in [2.24, 2.45) is 0 Å². The molecule has 0 aliphatic heterocycles. The van der Waals surface area contributed by atoms with Gasteiger partial charge in [0.25, 0.3) is 0 Å². The molecule has 0 aliphatic rings. The summed E-state index contributed by atoms with van der Waals surface area (Å²) in [6.45, 7) is 0. The van der Waals surface area contributed by atoms with Gasteiger partial charge in [-0.1, -0.05) is 0 Å². The first kappa shape index (κ1) is 155. The summed E-state index contributed by atoms with van der Waals surface area (Å²) in [7, 11) is -111. The molecule has 0 atom stereocenters. The van der Waals surface area contributed by atoms with Crippen molar-refractivity contribution in [3.8, 4) is 0 Å². The Balaban J connectivity index is -0.0000000512. The molecule has 0 aromatic rings. The summed E-state index contributed by atoms with van der Waals surface area (Å²) >= 11 is 0. The Morgan fingerprint density at radius 1 is 0.165 bits per heavy atom. The maximum absolute atomic E-state index is 9.54. The topological polar surface area (TPSA) is 1390 Å². The van der Waals surface area contributed by atoms with E-state index in [0.717, 1.165) is 0 Å². The van der Waals surface area contributed by atoms with Crippen molar-refractivity contribution in [1.82, 2.24) is 0 Å².